The summed E-state index contributed by atoms with van der Waals surface area (Å²) in [5.41, 5.74) is 1.47. The normalized spacial score (nSPS) is 18.6. The lowest BCUT2D eigenvalue weighted by Crippen LogP contribution is -2.41. The molecular formula is C19H22BIO3. The molecule has 24 heavy (non-hydrogen) atoms. The highest BCUT2D eigenvalue weighted by atomic mass is 127. The summed E-state index contributed by atoms with van der Waals surface area (Å²) in [6.07, 6.45) is 0. The van der Waals surface area contributed by atoms with E-state index in [0.717, 1.165) is 20.3 Å². The van der Waals surface area contributed by atoms with Gasteiger partial charge < -0.3 is 14.0 Å². The summed E-state index contributed by atoms with van der Waals surface area (Å²) >= 11 is 2.28. The summed E-state index contributed by atoms with van der Waals surface area (Å²) < 4.78 is 19.3. The van der Waals surface area contributed by atoms with Crippen molar-refractivity contribution in [3.05, 3.63) is 57.7 Å². The first kappa shape index (κ1) is 17.8. The van der Waals surface area contributed by atoms with Gasteiger partial charge in [-0.3, -0.25) is 0 Å². The van der Waals surface area contributed by atoms with Crippen molar-refractivity contribution in [3.8, 4) is 5.75 Å². The van der Waals surface area contributed by atoms with Gasteiger partial charge in [0.1, 0.15) is 12.4 Å². The van der Waals surface area contributed by atoms with Crippen LogP contribution in [-0.2, 0) is 15.9 Å². The van der Waals surface area contributed by atoms with Crippen LogP contribution in [0.1, 0.15) is 33.3 Å². The third kappa shape index (κ3) is 3.78. The molecule has 1 aliphatic heterocycles. The second-order valence-corrected chi connectivity index (χ2v) is 8.32. The van der Waals surface area contributed by atoms with Gasteiger partial charge in [0.2, 0.25) is 0 Å². The first-order valence-corrected chi connectivity index (χ1v) is 9.18. The fourth-order valence-electron chi connectivity index (χ4n) is 2.53. The lowest BCUT2D eigenvalue weighted by molar-refractivity contribution is 0.00578. The maximum absolute atomic E-state index is 6.12. The van der Waals surface area contributed by atoms with Crippen LogP contribution in [0.25, 0.3) is 0 Å². The van der Waals surface area contributed by atoms with Crippen molar-refractivity contribution in [2.75, 3.05) is 0 Å². The number of benzene rings is 2. The van der Waals surface area contributed by atoms with Crippen molar-refractivity contribution in [3.63, 3.8) is 0 Å². The molecule has 0 atom stereocenters. The molecule has 3 rings (SSSR count). The van der Waals surface area contributed by atoms with Crippen LogP contribution in [0, 0.1) is 3.57 Å². The second kappa shape index (κ2) is 6.69. The number of hydrogen-bond donors (Lipinski definition) is 0. The molecule has 0 unspecified atom stereocenters. The third-order valence-corrected chi connectivity index (χ3v) is 5.35. The summed E-state index contributed by atoms with van der Waals surface area (Å²) in [7, 11) is -0.340. The quantitative estimate of drug-likeness (QED) is 0.532. The van der Waals surface area contributed by atoms with Crippen LogP contribution < -0.4 is 10.2 Å². The molecule has 0 aliphatic carbocycles. The Morgan fingerprint density at radius 3 is 2.29 bits per heavy atom. The molecule has 1 saturated heterocycles. The predicted molar refractivity (Wildman–Crippen MR) is 106 cm³/mol. The Hall–Kier alpha value is -1.05. The van der Waals surface area contributed by atoms with Crippen LogP contribution in [-0.4, -0.2) is 18.3 Å². The van der Waals surface area contributed by atoms with Gasteiger partial charge in [0.05, 0.1) is 11.2 Å². The molecule has 1 aliphatic rings. The zero-order valence-electron chi connectivity index (χ0n) is 14.5. The third-order valence-electron chi connectivity index (χ3n) is 4.68. The fourth-order valence-corrected chi connectivity index (χ4v) is 3.05. The van der Waals surface area contributed by atoms with E-state index in [9.17, 15) is 0 Å². The zero-order valence-corrected chi connectivity index (χ0v) is 16.7. The smallest absolute Gasteiger partial charge is 0.489 e. The lowest BCUT2D eigenvalue weighted by atomic mass is 9.78. The molecule has 1 fully saturated rings. The fraction of sp³-hybridized carbons (Fsp3) is 0.368. The molecule has 2 aromatic carbocycles. The van der Waals surface area contributed by atoms with E-state index < -0.39 is 0 Å². The molecule has 1 heterocycles. The summed E-state index contributed by atoms with van der Waals surface area (Å²) in [6, 6.07) is 16.3. The molecule has 0 aromatic heterocycles. The molecule has 3 nitrogen and oxygen atoms in total. The maximum atomic E-state index is 6.12. The minimum Gasteiger partial charge on any atom is -0.489 e. The van der Waals surface area contributed by atoms with Gasteiger partial charge in [-0.15, -0.1) is 0 Å². The number of halogens is 1. The Morgan fingerprint density at radius 1 is 0.958 bits per heavy atom. The van der Waals surface area contributed by atoms with Crippen LogP contribution in [0.3, 0.4) is 0 Å². The van der Waals surface area contributed by atoms with E-state index in [1.165, 1.54) is 0 Å². The van der Waals surface area contributed by atoms with E-state index >= 15 is 0 Å². The molecule has 0 spiro atoms. The summed E-state index contributed by atoms with van der Waals surface area (Å²) in [4.78, 5) is 0. The first-order chi connectivity index (χ1) is 11.3. The van der Waals surface area contributed by atoms with Crippen LogP contribution in [0.4, 0.5) is 0 Å². The van der Waals surface area contributed by atoms with Crippen molar-refractivity contribution in [1.29, 1.82) is 0 Å². The molecule has 0 saturated carbocycles. The van der Waals surface area contributed by atoms with Gasteiger partial charge in [0.15, 0.2) is 0 Å². The van der Waals surface area contributed by atoms with E-state index in [1.807, 2.05) is 36.4 Å². The molecule has 126 valence electrons. The van der Waals surface area contributed by atoms with E-state index in [-0.39, 0.29) is 18.3 Å². The molecule has 0 amide bonds. The van der Waals surface area contributed by atoms with Gasteiger partial charge in [0, 0.05) is 3.57 Å². The topological polar surface area (TPSA) is 27.7 Å². The van der Waals surface area contributed by atoms with E-state index in [1.54, 1.807) is 0 Å². The highest BCUT2D eigenvalue weighted by Gasteiger charge is 2.51. The monoisotopic (exact) mass is 436 g/mol. The van der Waals surface area contributed by atoms with Crippen molar-refractivity contribution in [1.82, 2.24) is 0 Å². The number of ether oxygens (including phenoxy) is 1. The molecule has 0 N–H and O–H groups in total. The average molecular weight is 436 g/mol. The SMILES string of the molecule is CC1(C)OB(c2cccc(COc3cccc(I)c3)c2)OC1(C)C. The van der Waals surface area contributed by atoms with Crippen molar-refractivity contribution >= 4 is 35.2 Å². The van der Waals surface area contributed by atoms with E-state index in [4.69, 9.17) is 14.0 Å². The largest absolute Gasteiger partial charge is 0.494 e. The molecule has 0 radical (unpaired) electrons. The Labute approximate surface area is 158 Å². The minimum absolute atomic E-state index is 0.328. The van der Waals surface area contributed by atoms with Gasteiger partial charge in [-0.1, -0.05) is 30.3 Å². The Kier molecular flexibility index (Phi) is 4.95. The Balaban J connectivity index is 1.71. The predicted octanol–water partition coefficient (Wildman–Crippen LogP) is 4.17. The number of rotatable bonds is 4. The maximum Gasteiger partial charge on any atom is 0.494 e. The zero-order chi connectivity index (χ0) is 17.4. The minimum atomic E-state index is -0.340. The molecule has 5 heteroatoms. The first-order valence-electron chi connectivity index (χ1n) is 8.10. The second-order valence-electron chi connectivity index (χ2n) is 7.08. The van der Waals surface area contributed by atoms with Crippen LogP contribution in [0.5, 0.6) is 5.75 Å². The number of hydrogen-bond acceptors (Lipinski definition) is 3. The van der Waals surface area contributed by atoms with E-state index in [0.29, 0.717) is 6.61 Å². The van der Waals surface area contributed by atoms with Crippen LogP contribution in [0.15, 0.2) is 48.5 Å². The molecular weight excluding hydrogens is 414 g/mol. The summed E-state index contributed by atoms with van der Waals surface area (Å²) in [5.74, 6) is 0.878. The van der Waals surface area contributed by atoms with Gasteiger partial charge in [-0.05, 0) is 79.5 Å². The lowest BCUT2D eigenvalue weighted by Gasteiger charge is -2.32. The standard InChI is InChI=1S/C19H22BIO3/c1-18(2)19(3,4)24-20(23-18)15-8-5-7-14(11-15)13-22-17-10-6-9-16(21)12-17/h5-12H,13H2,1-4H3. The average Bonchev–Trinajstić information content (AvgIpc) is 2.74. The van der Waals surface area contributed by atoms with E-state index in [2.05, 4.69) is 62.4 Å². The van der Waals surface area contributed by atoms with Crippen LogP contribution in [0.2, 0.25) is 0 Å². The Morgan fingerprint density at radius 2 is 1.62 bits per heavy atom. The molecule has 0 bridgehead atoms. The molecule has 2 aromatic rings. The van der Waals surface area contributed by atoms with Gasteiger partial charge in [-0.2, -0.15) is 0 Å². The van der Waals surface area contributed by atoms with Gasteiger partial charge in [0.25, 0.3) is 0 Å². The Bertz CT molecular complexity index is 714. The van der Waals surface area contributed by atoms with Crippen molar-refractivity contribution < 1.29 is 14.0 Å². The van der Waals surface area contributed by atoms with Crippen molar-refractivity contribution in [2.45, 2.75) is 45.5 Å². The summed E-state index contributed by atoms with van der Waals surface area (Å²) in [5, 5.41) is 0. The van der Waals surface area contributed by atoms with Gasteiger partial charge >= 0.3 is 7.12 Å². The highest BCUT2D eigenvalue weighted by molar-refractivity contribution is 14.1. The summed E-state index contributed by atoms with van der Waals surface area (Å²) in [6.45, 7) is 8.79. The van der Waals surface area contributed by atoms with Gasteiger partial charge in [-0.25, -0.2) is 0 Å². The van der Waals surface area contributed by atoms with Crippen LogP contribution >= 0.6 is 22.6 Å². The highest BCUT2D eigenvalue weighted by Crippen LogP contribution is 2.36. The van der Waals surface area contributed by atoms with Crippen molar-refractivity contribution in [2.24, 2.45) is 0 Å².